The maximum Gasteiger partial charge on any atom is 0.172 e. The molecule has 0 amide bonds. The lowest BCUT2D eigenvalue weighted by Gasteiger charge is -2.64. The fraction of sp³-hybridized carbons (Fsp3) is 0.958. The molecule has 2 aliphatic heterocycles. The third-order valence-corrected chi connectivity index (χ3v) is 10.0. The van der Waals surface area contributed by atoms with E-state index >= 15 is 0 Å². The minimum Gasteiger partial charge on any atom is -0.347 e. The minimum atomic E-state index is -0.508. The largest absolute Gasteiger partial charge is 0.347 e. The molecule has 0 N–H and O–H groups in total. The van der Waals surface area contributed by atoms with Crippen molar-refractivity contribution in [2.45, 2.75) is 96.4 Å². The first kappa shape index (κ1) is 19.2. The maximum absolute atomic E-state index is 12.8. The summed E-state index contributed by atoms with van der Waals surface area (Å²) in [6.07, 6.45) is 7.20. The SMILES string of the molecule is CC1(C)O[C@H]2C[C@@]3(C)[C@H](C[C@H]2O1)C1(C[C@@H]2[C@@H]3CC[C@]3(C)C(=O)CC[C@@H]23)OCCO1. The van der Waals surface area contributed by atoms with Crippen LogP contribution in [0, 0.1) is 34.5 Å². The molecule has 5 heteroatoms. The van der Waals surface area contributed by atoms with Crippen molar-refractivity contribution < 1.29 is 23.7 Å². The molecule has 0 bridgehead atoms. The smallest absolute Gasteiger partial charge is 0.172 e. The van der Waals surface area contributed by atoms with Crippen molar-refractivity contribution in [2.75, 3.05) is 13.2 Å². The highest BCUT2D eigenvalue weighted by Gasteiger charge is 2.69. The number of Topliss-reactive ketones (excluding diaryl/α,β-unsaturated/α-hetero) is 1. The standard InChI is InChI=1S/C24H36O5/c1-21(2)28-17-11-19-23(4,13-18(17)29-21)16-7-8-22(3)15(5-6-20(22)25)14(16)12-24(19)26-9-10-27-24/h14-19H,5-13H2,1-4H3/t14-,15-,16-,17+,18-,19-,22-,23+/m0/s1. The lowest BCUT2D eigenvalue weighted by Crippen LogP contribution is -2.65. The van der Waals surface area contributed by atoms with E-state index in [0.717, 1.165) is 44.9 Å². The van der Waals surface area contributed by atoms with Gasteiger partial charge in [-0.25, -0.2) is 0 Å². The van der Waals surface area contributed by atoms with E-state index in [1.54, 1.807) is 0 Å². The lowest BCUT2D eigenvalue weighted by molar-refractivity contribution is -0.299. The van der Waals surface area contributed by atoms with Gasteiger partial charge in [-0.05, 0) is 69.1 Å². The van der Waals surface area contributed by atoms with Crippen LogP contribution in [-0.4, -0.2) is 42.8 Å². The number of hydrogen-bond donors (Lipinski definition) is 0. The van der Waals surface area contributed by atoms with E-state index in [2.05, 4.69) is 13.8 Å². The normalized spacial score (nSPS) is 54.7. The fourth-order valence-corrected chi connectivity index (χ4v) is 8.87. The van der Waals surface area contributed by atoms with Gasteiger partial charge in [0.15, 0.2) is 11.6 Å². The Bertz CT molecular complexity index is 727. The van der Waals surface area contributed by atoms with Crippen LogP contribution in [0.5, 0.6) is 0 Å². The van der Waals surface area contributed by atoms with Crippen molar-refractivity contribution in [3.63, 3.8) is 0 Å². The van der Waals surface area contributed by atoms with Gasteiger partial charge < -0.3 is 18.9 Å². The summed E-state index contributed by atoms with van der Waals surface area (Å²) in [5.74, 6) is 1.42. The monoisotopic (exact) mass is 404 g/mol. The van der Waals surface area contributed by atoms with Gasteiger partial charge in [0.25, 0.3) is 0 Å². The van der Waals surface area contributed by atoms with Crippen molar-refractivity contribution in [2.24, 2.45) is 34.5 Å². The molecule has 6 aliphatic rings. The van der Waals surface area contributed by atoms with Gasteiger partial charge in [0, 0.05) is 24.2 Å². The molecule has 2 heterocycles. The Kier molecular flexibility index (Phi) is 3.87. The Balaban J connectivity index is 1.41. The molecule has 0 aromatic heterocycles. The van der Waals surface area contributed by atoms with Crippen LogP contribution >= 0.6 is 0 Å². The number of carbonyl (C=O) groups is 1. The predicted octanol–water partition coefficient (Wildman–Crippen LogP) is 4.08. The van der Waals surface area contributed by atoms with E-state index < -0.39 is 11.6 Å². The third-order valence-electron chi connectivity index (χ3n) is 10.0. The van der Waals surface area contributed by atoms with Crippen molar-refractivity contribution in [3.05, 3.63) is 0 Å². The summed E-state index contributed by atoms with van der Waals surface area (Å²) in [5, 5.41) is 0. The Morgan fingerprint density at radius 2 is 1.62 bits per heavy atom. The molecule has 2 saturated heterocycles. The molecule has 0 radical (unpaired) electrons. The second-order valence-corrected chi connectivity index (χ2v) is 11.7. The molecule has 1 spiro atoms. The molecule has 0 aromatic carbocycles. The van der Waals surface area contributed by atoms with Crippen molar-refractivity contribution in [1.82, 2.24) is 0 Å². The highest BCUT2D eigenvalue weighted by Crippen LogP contribution is 2.69. The average molecular weight is 405 g/mol. The molecule has 4 saturated carbocycles. The Hall–Kier alpha value is -0.490. The molecule has 6 rings (SSSR count). The van der Waals surface area contributed by atoms with Crippen LogP contribution in [0.1, 0.15) is 72.6 Å². The van der Waals surface area contributed by atoms with Crippen LogP contribution in [0.4, 0.5) is 0 Å². The summed E-state index contributed by atoms with van der Waals surface area (Å²) >= 11 is 0. The quantitative estimate of drug-likeness (QED) is 0.609. The van der Waals surface area contributed by atoms with Crippen LogP contribution in [0.3, 0.4) is 0 Å². The molecule has 29 heavy (non-hydrogen) atoms. The van der Waals surface area contributed by atoms with Crippen LogP contribution in [0.15, 0.2) is 0 Å². The number of fused-ring (bicyclic) bond motifs is 7. The second-order valence-electron chi connectivity index (χ2n) is 11.7. The Labute approximate surface area is 174 Å². The number of rotatable bonds is 0. The average Bonchev–Trinajstić information content (AvgIpc) is 3.30. The highest BCUT2D eigenvalue weighted by atomic mass is 16.8. The third kappa shape index (κ3) is 2.45. The predicted molar refractivity (Wildman–Crippen MR) is 106 cm³/mol. The number of ketones is 1. The molecule has 162 valence electrons. The van der Waals surface area contributed by atoms with E-state index in [4.69, 9.17) is 18.9 Å². The number of carbonyl (C=O) groups excluding carboxylic acids is 1. The number of hydrogen-bond acceptors (Lipinski definition) is 5. The van der Waals surface area contributed by atoms with Crippen molar-refractivity contribution in [1.29, 1.82) is 0 Å². The fourth-order valence-electron chi connectivity index (χ4n) is 8.87. The molecule has 4 aliphatic carbocycles. The minimum absolute atomic E-state index is 0.102. The topological polar surface area (TPSA) is 54.0 Å². The Morgan fingerprint density at radius 1 is 0.897 bits per heavy atom. The van der Waals surface area contributed by atoms with E-state index in [9.17, 15) is 4.79 Å². The molecule has 5 nitrogen and oxygen atoms in total. The van der Waals surface area contributed by atoms with Crippen molar-refractivity contribution in [3.8, 4) is 0 Å². The van der Waals surface area contributed by atoms with Gasteiger partial charge in [0.05, 0.1) is 25.4 Å². The zero-order valence-electron chi connectivity index (χ0n) is 18.4. The summed E-state index contributed by atoms with van der Waals surface area (Å²) in [6.45, 7) is 10.2. The first-order chi connectivity index (χ1) is 13.7. The van der Waals surface area contributed by atoms with Crippen LogP contribution < -0.4 is 0 Å². The van der Waals surface area contributed by atoms with Gasteiger partial charge in [0.1, 0.15) is 5.78 Å². The zero-order valence-corrected chi connectivity index (χ0v) is 18.4. The second kappa shape index (κ2) is 5.85. The maximum atomic E-state index is 12.8. The summed E-state index contributed by atoms with van der Waals surface area (Å²) in [7, 11) is 0. The lowest BCUT2D eigenvalue weighted by atomic mass is 9.43. The van der Waals surface area contributed by atoms with Gasteiger partial charge in [0.2, 0.25) is 0 Å². The van der Waals surface area contributed by atoms with Gasteiger partial charge in [-0.2, -0.15) is 0 Å². The molecular formula is C24H36O5. The van der Waals surface area contributed by atoms with Crippen LogP contribution in [-0.2, 0) is 23.7 Å². The molecular weight excluding hydrogens is 368 g/mol. The Morgan fingerprint density at radius 3 is 2.38 bits per heavy atom. The van der Waals surface area contributed by atoms with E-state index in [1.165, 1.54) is 0 Å². The van der Waals surface area contributed by atoms with Gasteiger partial charge in [-0.1, -0.05) is 13.8 Å². The van der Waals surface area contributed by atoms with Crippen molar-refractivity contribution >= 4 is 5.78 Å². The van der Waals surface area contributed by atoms with Crippen LogP contribution in [0.2, 0.25) is 0 Å². The molecule has 8 atom stereocenters. The zero-order chi connectivity index (χ0) is 20.2. The summed E-state index contributed by atoms with van der Waals surface area (Å²) < 4.78 is 25.6. The van der Waals surface area contributed by atoms with E-state index in [1.807, 2.05) is 13.8 Å². The summed E-state index contributed by atoms with van der Waals surface area (Å²) in [6, 6.07) is 0. The first-order valence-electron chi connectivity index (χ1n) is 11.8. The molecule has 0 aromatic rings. The van der Waals surface area contributed by atoms with E-state index in [0.29, 0.717) is 42.7 Å². The number of ether oxygens (including phenoxy) is 4. The highest BCUT2D eigenvalue weighted by molar-refractivity contribution is 5.87. The summed E-state index contributed by atoms with van der Waals surface area (Å²) in [5.41, 5.74) is -0.0263. The van der Waals surface area contributed by atoms with Gasteiger partial charge >= 0.3 is 0 Å². The van der Waals surface area contributed by atoms with E-state index in [-0.39, 0.29) is 23.0 Å². The van der Waals surface area contributed by atoms with Crippen LogP contribution in [0.25, 0.3) is 0 Å². The summed E-state index contributed by atoms with van der Waals surface area (Å²) in [4.78, 5) is 12.8. The van der Waals surface area contributed by atoms with Gasteiger partial charge in [-0.15, -0.1) is 0 Å². The molecule has 0 unspecified atom stereocenters. The first-order valence-corrected chi connectivity index (χ1v) is 11.8. The van der Waals surface area contributed by atoms with Gasteiger partial charge in [-0.3, -0.25) is 4.79 Å². The molecule has 6 fully saturated rings.